The molecule has 10 heteroatoms. The van der Waals surface area contributed by atoms with E-state index in [2.05, 4.69) is 4.98 Å². The summed E-state index contributed by atoms with van der Waals surface area (Å²) in [7, 11) is 3.27. The molecule has 4 rings (SSSR count). The lowest BCUT2D eigenvalue weighted by atomic mass is 10.2. The summed E-state index contributed by atoms with van der Waals surface area (Å²) in [5.74, 6) is 0.0210. The van der Waals surface area contributed by atoms with Gasteiger partial charge in [0.05, 0.1) is 19.8 Å². The highest BCUT2D eigenvalue weighted by atomic mass is 35.5. The second-order valence-corrected chi connectivity index (χ2v) is 7.08. The topological polar surface area (TPSA) is 74.3 Å². The van der Waals surface area contributed by atoms with Gasteiger partial charge in [-0.1, -0.05) is 17.7 Å². The van der Waals surface area contributed by atoms with Crippen molar-refractivity contribution in [1.29, 1.82) is 0 Å². The molecule has 1 saturated heterocycles. The van der Waals surface area contributed by atoms with Crippen molar-refractivity contribution in [2.45, 2.75) is 6.54 Å². The second kappa shape index (κ2) is 7.06. The van der Waals surface area contributed by atoms with Crippen LogP contribution in [0.25, 0.3) is 11.2 Å². The number of anilines is 1. The second-order valence-electron chi connectivity index (χ2n) is 6.68. The average Bonchev–Trinajstić information content (AvgIpc) is 3.04. The number of nitrogens with zero attached hydrogens (tertiary/aromatic N) is 5. The lowest BCUT2D eigenvalue weighted by molar-refractivity contribution is 0.122. The largest absolute Gasteiger partial charge is 0.378 e. The molecule has 0 unspecified atom stereocenters. The molecule has 0 saturated carbocycles. The fraction of sp³-hybridized carbons (Fsp3) is 0.389. The first-order valence-corrected chi connectivity index (χ1v) is 9.19. The molecule has 0 amide bonds. The molecule has 1 aliphatic rings. The maximum Gasteiger partial charge on any atom is 0.332 e. The number of hydrogen-bond donors (Lipinski definition) is 0. The molecule has 2 aromatic heterocycles. The van der Waals surface area contributed by atoms with E-state index in [0.717, 1.165) is 4.57 Å². The van der Waals surface area contributed by atoms with Crippen LogP contribution >= 0.6 is 11.6 Å². The summed E-state index contributed by atoms with van der Waals surface area (Å²) in [6.45, 7) is 2.16. The van der Waals surface area contributed by atoms with Crippen molar-refractivity contribution >= 4 is 28.7 Å². The molecule has 0 atom stereocenters. The number of aryl methyl sites for hydroxylation is 2. The van der Waals surface area contributed by atoms with Gasteiger partial charge in [0.15, 0.2) is 11.2 Å². The highest BCUT2D eigenvalue weighted by molar-refractivity contribution is 6.31. The summed E-state index contributed by atoms with van der Waals surface area (Å²) < 4.78 is 23.5. The van der Waals surface area contributed by atoms with Crippen molar-refractivity contribution in [2.24, 2.45) is 14.1 Å². The Morgan fingerprint density at radius 2 is 1.89 bits per heavy atom. The Morgan fingerprint density at radius 3 is 2.57 bits per heavy atom. The predicted octanol–water partition coefficient (Wildman–Crippen LogP) is 1.11. The Balaban J connectivity index is 1.90. The molecule has 3 heterocycles. The number of fused-ring (bicyclic) bond motifs is 1. The first-order valence-electron chi connectivity index (χ1n) is 8.82. The SMILES string of the molecule is Cn1c(N2CCOCC2)nc2c1c(=O)n(Cc1c(F)cccc1Cl)c(=O)n2C. The van der Waals surface area contributed by atoms with Crippen LogP contribution in [0, 0.1) is 5.82 Å². The minimum atomic E-state index is -0.580. The molecular weight excluding hydrogens is 389 g/mol. The quantitative estimate of drug-likeness (QED) is 0.650. The van der Waals surface area contributed by atoms with Crippen molar-refractivity contribution in [2.75, 3.05) is 31.2 Å². The summed E-state index contributed by atoms with van der Waals surface area (Å²) in [5, 5.41) is 0.160. The van der Waals surface area contributed by atoms with Crippen molar-refractivity contribution in [3.63, 3.8) is 0 Å². The van der Waals surface area contributed by atoms with Crippen LogP contribution in [0.15, 0.2) is 27.8 Å². The van der Waals surface area contributed by atoms with Crippen LogP contribution < -0.4 is 16.1 Å². The van der Waals surface area contributed by atoms with E-state index in [0.29, 0.717) is 32.3 Å². The van der Waals surface area contributed by atoms with Crippen LogP contribution in [-0.2, 0) is 25.4 Å². The highest BCUT2D eigenvalue weighted by Gasteiger charge is 2.23. The van der Waals surface area contributed by atoms with Crippen LogP contribution in [0.1, 0.15) is 5.56 Å². The summed E-state index contributed by atoms with van der Waals surface area (Å²) in [6, 6.07) is 4.24. The third-order valence-electron chi connectivity index (χ3n) is 5.01. The van der Waals surface area contributed by atoms with E-state index in [9.17, 15) is 14.0 Å². The Morgan fingerprint density at radius 1 is 1.18 bits per heavy atom. The zero-order valence-corrected chi connectivity index (χ0v) is 16.2. The summed E-state index contributed by atoms with van der Waals surface area (Å²) in [6.07, 6.45) is 0. The van der Waals surface area contributed by atoms with Gasteiger partial charge in [0, 0.05) is 37.8 Å². The number of ether oxygens (including phenoxy) is 1. The number of benzene rings is 1. The van der Waals surface area contributed by atoms with Crippen molar-refractivity contribution in [1.82, 2.24) is 18.7 Å². The maximum absolute atomic E-state index is 14.2. The van der Waals surface area contributed by atoms with Gasteiger partial charge in [0.1, 0.15) is 5.82 Å². The first-order chi connectivity index (χ1) is 13.4. The Labute approximate surface area is 164 Å². The average molecular weight is 408 g/mol. The first kappa shape index (κ1) is 18.7. The molecule has 1 fully saturated rings. The zero-order valence-electron chi connectivity index (χ0n) is 15.5. The number of aromatic nitrogens is 4. The molecule has 0 bridgehead atoms. The Kier molecular flexibility index (Phi) is 4.72. The van der Waals surface area contributed by atoms with E-state index < -0.39 is 17.1 Å². The van der Waals surface area contributed by atoms with E-state index in [1.165, 1.54) is 22.8 Å². The van der Waals surface area contributed by atoms with Gasteiger partial charge in [-0.25, -0.2) is 9.18 Å². The lowest BCUT2D eigenvalue weighted by Crippen LogP contribution is -2.40. The minimum absolute atomic E-state index is 0.0956. The van der Waals surface area contributed by atoms with Crippen molar-refractivity contribution in [3.05, 3.63) is 55.4 Å². The van der Waals surface area contributed by atoms with Crippen LogP contribution in [0.2, 0.25) is 5.02 Å². The number of hydrogen-bond acceptors (Lipinski definition) is 5. The smallest absolute Gasteiger partial charge is 0.332 e. The number of imidazole rings is 1. The highest BCUT2D eigenvalue weighted by Crippen LogP contribution is 2.21. The van der Waals surface area contributed by atoms with Gasteiger partial charge < -0.3 is 14.2 Å². The molecule has 3 aromatic rings. The van der Waals surface area contributed by atoms with Crippen LogP contribution in [-0.4, -0.2) is 45.0 Å². The molecule has 0 aliphatic carbocycles. The molecule has 0 spiro atoms. The van der Waals surface area contributed by atoms with Gasteiger partial charge >= 0.3 is 5.69 Å². The van der Waals surface area contributed by atoms with Crippen molar-refractivity contribution < 1.29 is 9.13 Å². The van der Waals surface area contributed by atoms with Gasteiger partial charge in [0.25, 0.3) is 5.56 Å². The molecule has 1 aliphatic heterocycles. The van der Waals surface area contributed by atoms with Crippen LogP contribution in [0.5, 0.6) is 0 Å². The standard InChI is InChI=1S/C18H19ClFN5O3/c1-22-14-15(21-17(22)24-6-8-28-9-7-24)23(2)18(27)25(16(14)26)10-11-12(19)4-3-5-13(11)20/h3-5H,6-10H2,1-2H3. The van der Waals surface area contributed by atoms with E-state index in [4.69, 9.17) is 16.3 Å². The molecule has 1 aromatic carbocycles. The Bertz CT molecular complexity index is 1160. The number of morpholine rings is 1. The van der Waals surface area contributed by atoms with Crippen molar-refractivity contribution in [3.8, 4) is 0 Å². The third kappa shape index (κ3) is 2.91. The lowest BCUT2D eigenvalue weighted by Gasteiger charge is -2.27. The molecule has 8 nitrogen and oxygen atoms in total. The molecule has 148 valence electrons. The van der Waals surface area contributed by atoms with Crippen LogP contribution in [0.3, 0.4) is 0 Å². The molecule has 0 radical (unpaired) electrons. The summed E-state index contributed by atoms with van der Waals surface area (Å²) in [4.78, 5) is 32.5. The third-order valence-corrected chi connectivity index (χ3v) is 5.36. The summed E-state index contributed by atoms with van der Waals surface area (Å²) in [5.41, 5.74) is -0.459. The predicted molar refractivity (Wildman–Crippen MR) is 104 cm³/mol. The fourth-order valence-corrected chi connectivity index (χ4v) is 3.68. The minimum Gasteiger partial charge on any atom is -0.378 e. The zero-order chi connectivity index (χ0) is 20.0. The Hall–Kier alpha value is -2.65. The maximum atomic E-state index is 14.2. The normalized spacial score (nSPS) is 14.8. The molecule has 28 heavy (non-hydrogen) atoms. The number of rotatable bonds is 3. The van der Waals surface area contributed by atoms with Gasteiger partial charge in [-0.3, -0.25) is 13.9 Å². The van der Waals surface area contributed by atoms with E-state index in [1.807, 2.05) is 4.90 Å². The van der Waals surface area contributed by atoms with E-state index in [1.54, 1.807) is 18.7 Å². The van der Waals surface area contributed by atoms with Gasteiger partial charge in [-0.05, 0) is 12.1 Å². The van der Waals surface area contributed by atoms with Gasteiger partial charge in [-0.2, -0.15) is 4.98 Å². The fourth-order valence-electron chi connectivity index (χ4n) is 3.46. The summed E-state index contributed by atoms with van der Waals surface area (Å²) >= 11 is 6.08. The van der Waals surface area contributed by atoms with Crippen LogP contribution in [0.4, 0.5) is 10.3 Å². The van der Waals surface area contributed by atoms with Gasteiger partial charge in [-0.15, -0.1) is 0 Å². The molecular formula is C18H19ClFN5O3. The molecule has 0 N–H and O–H groups in total. The van der Waals surface area contributed by atoms with E-state index >= 15 is 0 Å². The number of halogens is 2. The van der Waals surface area contributed by atoms with E-state index in [-0.39, 0.29) is 28.3 Å². The monoisotopic (exact) mass is 407 g/mol. The van der Waals surface area contributed by atoms with Gasteiger partial charge in [0.2, 0.25) is 5.95 Å².